The third kappa shape index (κ3) is 3.46. The lowest BCUT2D eigenvalue weighted by Gasteiger charge is -2.30. The van der Waals surface area contributed by atoms with E-state index in [4.69, 9.17) is 4.42 Å². The zero-order valence-electron chi connectivity index (χ0n) is 10.2. The molecule has 94 valence electrons. The number of carbonyl (C=O) groups is 1. The average molecular weight is 255 g/mol. The van der Waals surface area contributed by atoms with E-state index in [2.05, 4.69) is 17.1 Å². The number of aromatic nitrogens is 2. The van der Waals surface area contributed by atoms with Crippen LogP contribution in [0, 0.1) is 12.8 Å². The summed E-state index contributed by atoms with van der Waals surface area (Å²) < 4.78 is 5.21. The van der Waals surface area contributed by atoms with Crippen LogP contribution in [0.25, 0.3) is 0 Å². The fourth-order valence-electron chi connectivity index (χ4n) is 1.81. The van der Waals surface area contributed by atoms with Crippen LogP contribution >= 0.6 is 11.8 Å². The largest absolute Gasteiger partial charge is 0.416 e. The van der Waals surface area contributed by atoms with Crippen LogP contribution in [0.1, 0.15) is 25.7 Å². The van der Waals surface area contributed by atoms with Gasteiger partial charge in [-0.2, -0.15) is 0 Å². The molecule has 2 rings (SSSR count). The van der Waals surface area contributed by atoms with E-state index in [0.29, 0.717) is 16.9 Å². The van der Waals surface area contributed by atoms with Crippen molar-refractivity contribution >= 4 is 17.7 Å². The maximum absolute atomic E-state index is 11.9. The minimum atomic E-state index is 0.165. The first kappa shape index (κ1) is 12.4. The Morgan fingerprint density at radius 2 is 2.18 bits per heavy atom. The van der Waals surface area contributed by atoms with Crippen LogP contribution in [0.3, 0.4) is 0 Å². The number of aryl methyl sites for hydroxylation is 1. The van der Waals surface area contributed by atoms with Gasteiger partial charge in [-0.15, -0.1) is 10.2 Å². The first-order valence-electron chi connectivity index (χ1n) is 5.86. The monoisotopic (exact) mass is 255 g/mol. The summed E-state index contributed by atoms with van der Waals surface area (Å²) in [5, 5.41) is 8.05. The van der Waals surface area contributed by atoms with Gasteiger partial charge in [0.1, 0.15) is 0 Å². The van der Waals surface area contributed by atoms with Crippen molar-refractivity contribution in [3.63, 3.8) is 0 Å². The summed E-state index contributed by atoms with van der Waals surface area (Å²) in [5.74, 6) is 1.82. The number of hydrogen-bond donors (Lipinski definition) is 0. The molecule has 0 radical (unpaired) electrons. The molecule has 0 saturated carbocycles. The molecule has 1 amide bonds. The van der Waals surface area contributed by atoms with Crippen molar-refractivity contribution in [3.05, 3.63) is 5.89 Å². The van der Waals surface area contributed by atoms with E-state index < -0.39 is 0 Å². The number of hydrogen-bond acceptors (Lipinski definition) is 5. The van der Waals surface area contributed by atoms with E-state index in [0.717, 1.165) is 31.8 Å². The molecule has 6 heteroatoms. The number of thioether (sulfide) groups is 1. The molecule has 0 unspecified atom stereocenters. The number of carbonyl (C=O) groups excluding carboxylic acids is 1. The quantitative estimate of drug-likeness (QED) is 0.770. The molecule has 0 N–H and O–H groups in total. The van der Waals surface area contributed by atoms with Crippen molar-refractivity contribution < 1.29 is 9.21 Å². The summed E-state index contributed by atoms with van der Waals surface area (Å²) >= 11 is 1.31. The second kappa shape index (κ2) is 5.53. The van der Waals surface area contributed by atoms with Crippen LogP contribution < -0.4 is 0 Å². The van der Waals surface area contributed by atoms with Gasteiger partial charge in [-0.1, -0.05) is 18.7 Å². The predicted octanol–water partition coefficient (Wildman–Crippen LogP) is 1.73. The van der Waals surface area contributed by atoms with Gasteiger partial charge in [0.05, 0.1) is 5.75 Å². The van der Waals surface area contributed by atoms with E-state index in [-0.39, 0.29) is 5.91 Å². The van der Waals surface area contributed by atoms with E-state index in [1.165, 1.54) is 11.8 Å². The predicted molar refractivity (Wildman–Crippen MR) is 64.7 cm³/mol. The molecule has 1 saturated heterocycles. The average Bonchev–Trinajstić information content (AvgIpc) is 2.73. The Kier molecular flexibility index (Phi) is 4.04. The van der Waals surface area contributed by atoms with Gasteiger partial charge in [0.15, 0.2) is 0 Å². The Morgan fingerprint density at radius 1 is 1.47 bits per heavy atom. The summed E-state index contributed by atoms with van der Waals surface area (Å²) in [6, 6.07) is 0. The maximum atomic E-state index is 11.9. The second-order valence-corrected chi connectivity index (χ2v) is 5.37. The van der Waals surface area contributed by atoms with Crippen LogP contribution in [0.15, 0.2) is 9.64 Å². The van der Waals surface area contributed by atoms with Crippen molar-refractivity contribution in [2.45, 2.75) is 31.9 Å². The molecule has 0 aromatic carbocycles. The Balaban J connectivity index is 1.77. The lowest BCUT2D eigenvalue weighted by atomic mass is 9.99. The number of piperidine rings is 1. The summed E-state index contributed by atoms with van der Waals surface area (Å²) in [6.07, 6.45) is 2.21. The second-order valence-electron chi connectivity index (χ2n) is 4.44. The molecule has 5 nitrogen and oxygen atoms in total. The fourth-order valence-corrected chi connectivity index (χ4v) is 2.52. The lowest BCUT2D eigenvalue weighted by molar-refractivity contribution is -0.129. The molecule has 2 heterocycles. The fraction of sp³-hybridized carbons (Fsp3) is 0.727. The highest BCUT2D eigenvalue weighted by Gasteiger charge is 2.20. The van der Waals surface area contributed by atoms with Crippen molar-refractivity contribution in [2.75, 3.05) is 18.8 Å². The van der Waals surface area contributed by atoms with Crippen LogP contribution in [0.4, 0.5) is 0 Å². The normalized spacial score (nSPS) is 17.4. The van der Waals surface area contributed by atoms with Gasteiger partial charge >= 0.3 is 0 Å². The van der Waals surface area contributed by atoms with Crippen molar-refractivity contribution in [1.29, 1.82) is 0 Å². The molecule has 1 aliphatic rings. The Labute approximate surface area is 105 Å². The lowest BCUT2D eigenvalue weighted by Crippen LogP contribution is -2.38. The van der Waals surface area contributed by atoms with E-state index in [9.17, 15) is 4.79 Å². The maximum Gasteiger partial charge on any atom is 0.277 e. The van der Waals surface area contributed by atoms with E-state index >= 15 is 0 Å². The zero-order valence-corrected chi connectivity index (χ0v) is 11.0. The van der Waals surface area contributed by atoms with Crippen molar-refractivity contribution in [2.24, 2.45) is 5.92 Å². The van der Waals surface area contributed by atoms with Gasteiger partial charge in [0.2, 0.25) is 11.8 Å². The highest BCUT2D eigenvalue weighted by Crippen LogP contribution is 2.19. The van der Waals surface area contributed by atoms with Gasteiger partial charge in [-0.3, -0.25) is 4.79 Å². The molecule has 0 aliphatic carbocycles. The molecular weight excluding hydrogens is 238 g/mol. The summed E-state index contributed by atoms with van der Waals surface area (Å²) in [7, 11) is 0. The van der Waals surface area contributed by atoms with Crippen LogP contribution in [-0.4, -0.2) is 39.8 Å². The molecule has 1 aromatic rings. The van der Waals surface area contributed by atoms with E-state index in [1.807, 2.05) is 4.90 Å². The Bertz CT molecular complexity index is 386. The highest BCUT2D eigenvalue weighted by molar-refractivity contribution is 7.99. The molecular formula is C11H17N3O2S. The van der Waals surface area contributed by atoms with Gasteiger partial charge in [0.25, 0.3) is 5.22 Å². The Hall–Kier alpha value is -1.04. The third-order valence-corrected chi connectivity index (χ3v) is 3.77. The SMILES string of the molecule is Cc1nnc(SCC(=O)N2CCC(C)CC2)o1. The van der Waals surface area contributed by atoms with Gasteiger partial charge in [0, 0.05) is 20.0 Å². The standard InChI is InChI=1S/C11H17N3O2S/c1-8-3-5-14(6-4-8)10(15)7-17-11-13-12-9(2)16-11/h8H,3-7H2,1-2H3. The summed E-state index contributed by atoms with van der Waals surface area (Å²) in [4.78, 5) is 13.8. The third-order valence-electron chi connectivity index (χ3n) is 2.96. The van der Waals surface area contributed by atoms with Gasteiger partial charge in [-0.05, 0) is 18.8 Å². The first-order valence-corrected chi connectivity index (χ1v) is 6.84. The smallest absolute Gasteiger partial charge is 0.277 e. The molecule has 0 bridgehead atoms. The molecule has 1 aromatic heterocycles. The molecule has 1 fully saturated rings. The van der Waals surface area contributed by atoms with Crippen molar-refractivity contribution in [3.8, 4) is 0 Å². The first-order chi connectivity index (χ1) is 8.15. The molecule has 0 spiro atoms. The molecule has 1 aliphatic heterocycles. The number of rotatable bonds is 3. The minimum Gasteiger partial charge on any atom is -0.416 e. The van der Waals surface area contributed by atoms with Gasteiger partial charge in [-0.25, -0.2) is 0 Å². The summed E-state index contributed by atoms with van der Waals surface area (Å²) in [5.41, 5.74) is 0. The van der Waals surface area contributed by atoms with Crippen LogP contribution in [-0.2, 0) is 4.79 Å². The topological polar surface area (TPSA) is 59.2 Å². The van der Waals surface area contributed by atoms with Crippen LogP contribution in [0.5, 0.6) is 0 Å². The van der Waals surface area contributed by atoms with E-state index in [1.54, 1.807) is 6.92 Å². The Morgan fingerprint density at radius 3 is 2.76 bits per heavy atom. The van der Waals surface area contributed by atoms with Crippen LogP contribution in [0.2, 0.25) is 0 Å². The number of likely N-dealkylation sites (tertiary alicyclic amines) is 1. The van der Waals surface area contributed by atoms with Crippen molar-refractivity contribution in [1.82, 2.24) is 15.1 Å². The number of amides is 1. The molecule has 0 atom stereocenters. The minimum absolute atomic E-state index is 0.165. The zero-order chi connectivity index (χ0) is 12.3. The number of nitrogens with zero attached hydrogens (tertiary/aromatic N) is 3. The highest BCUT2D eigenvalue weighted by atomic mass is 32.2. The van der Waals surface area contributed by atoms with Gasteiger partial charge < -0.3 is 9.32 Å². The summed E-state index contributed by atoms with van der Waals surface area (Å²) in [6.45, 7) is 5.73. The molecule has 17 heavy (non-hydrogen) atoms.